The molecule has 9 heteroatoms. The van der Waals surface area contributed by atoms with Crippen LogP contribution >= 0.6 is 0 Å². The van der Waals surface area contributed by atoms with Crippen molar-refractivity contribution >= 4 is 28.2 Å². The Morgan fingerprint density at radius 3 is 2.66 bits per heavy atom. The molecule has 1 aliphatic heterocycles. The maximum Gasteiger partial charge on any atom is 0.270 e. The van der Waals surface area contributed by atoms with Gasteiger partial charge in [-0.15, -0.1) is 0 Å². The van der Waals surface area contributed by atoms with Crippen molar-refractivity contribution in [1.82, 2.24) is 15.2 Å². The van der Waals surface area contributed by atoms with Gasteiger partial charge in [0.05, 0.1) is 16.5 Å². The highest BCUT2D eigenvalue weighted by molar-refractivity contribution is 6.07. The van der Waals surface area contributed by atoms with Gasteiger partial charge in [-0.2, -0.15) is 0 Å². The molecule has 1 unspecified atom stereocenters. The zero-order valence-electron chi connectivity index (χ0n) is 18.1. The molecule has 1 fully saturated rings. The second kappa shape index (κ2) is 8.96. The monoisotopic (exact) mass is 439 g/mol. The van der Waals surface area contributed by atoms with Crippen LogP contribution in [0.15, 0.2) is 42.6 Å². The van der Waals surface area contributed by atoms with Crippen LogP contribution in [0, 0.1) is 15.9 Å². The molecule has 1 amide bonds. The van der Waals surface area contributed by atoms with Crippen LogP contribution in [0.2, 0.25) is 0 Å². The number of fused-ring (bicyclic) bond motifs is 1. The van der Waals surface area contributed by atoms with Crippen molar-refractivity contribution in [3.05, 3.63) is 69.7 Å². The van der Waals surface area contributed by atoms with Gasteiger partial charge in [-0.3, -0.25) is 14.9 Å². The van der Waals surface area contributed by atoms with Crippen LogP contribution < -0.4 is 10.2 Å². The Labute approximate surface area is 185 Å². The molecule has 1 saturated heterocycles. The number of hydrogen-bond acceptors (Lipinski definition) is 5. The van der Waals surface area contributed by atoms with E-state index in [1.54, 1.807) is 12.1 Å². The van der Waals surface area contributed by atoms with Crippen molar-refractivity contribution in [2.45, 2.75) is 19.9 Å². The molecule has 2 N–H and O–H groups in total. The number of benzene rings is 2. The summed E-state index contributed by atoms with van der Waals surface area (Å²) in [5.74, 6) is -0.741. The van der Waals surface area contributed by atoms with Gasteiger partial charge in [0.1, 0.15) is 5.82 Å². The Kier molecular flexibility index (Phi) is 6.09. The number of nitrogens with zero attached hydrogens (tertiary/aromatic N) is 3. The zero-order chi connectivity index (χ0) is 22.8. The van der Waals surface area contributed by atoms with Gasteiger partial charge in [0.15, 0.2) is 0 Å². The van der Waals surface area contributed by atoms with E-state index in [0.717, 1.165) is 38.4 Å². The highest BCUT2D eigenvalue weighted by Crippen LogP contribution is 2.29. The summed E-state index contributed by atoms with van der Waals surface area (Å²) in [4.78, 5) is 31.2. The Bertz CT molecular complexity index is 1150. The first kappa shape index (κ1) is 21.8. The fourth-order valence-corrected chi connectivity index (χ4v) is 4.23. The topological polar surface area (TPSA) is 94.5 Å². The van der Waals surface area contributed by atoms with E-state index in [2.05, 4.69) is 27.0 Å². The minimum Gasteiger partial charge on any atom is -0.369 e. The number of rotatable bonds is 6. The summed E-state index contributed by atoms with van der Waals surface area (Å²) in [6, 6.07) is 8.57. The molecule has 3 aromatic rings. The maximum absolute atomic E-state index is 14.1. The number of hydrogen-bond donors (Lipinski definition) is 2. The minimum absolute atomic E-state index is 0.0853. The molecule has 4 rings (SSSR count). The van der Waals surface area contributed by atoms with Gasteiger partial charge < -0.3 is 20.1 Å². The predicted octanol–water partition coefficient (Wildman–Crippen LogP) is 3.85. The Morgan fingerprint density at radius 2 is 1.97 bits per heavy atom. The summed E-state index contributed by atoms with van der Waals surface area (Å²) in [6.45, 7) is 8.48. The van der Waals surface area contributed by atoms with Gasteiger partial charge in [-0.1, -0.05) is 6.92 Å². The van der Waals surface area contributed by atoms with Crippen LogP contribution in [-0.4, -0.2) is 53.4 Å². The fourth-order valence-electron chi connectivity index (χ4n) is 4.23. The van der Waals surface area contributed by atoms with Gasteiger partial charge in [0.25, 0.3) is 11.6 Å². The SMILES string of the molecule is CCN1CCN(c2ccc(F)cc2C(C)NC(=O)c2c[nH]c3ccc([N+](=O)[O-])cc23)CC1. The average molecular weight is 439 g/mol. The van der Waals surface area contributed by atoms with Gasteiger partial charge >= 0.3 is 0 Å². The Hall–Kier alpha value is -3.46. The standard InChI is InChI=1S/C23H26FN5O3/c1-3-27-8-10-28(11-9-27)22-7-4-16(24)12-18(22)15(2)26-23(30)20-14-25-21-6-5-17(29(31)32)13-19(20)21/h4-7,12-15,25H,3,8-11H2,1-2H3,(H,26,30). The molecule has 32 heavy (non-hydrogen) atoms. The quantitative estimate of drug-likeness (QED) is 0.449. The van der Waals surface area contributed by atoms with Crippen molar-refractivity contribution in [3.8, 4) is 0 Å². The van der Waals surface area contributed by atoms with Gasteiger partial charge in [-0.25, -0.2) is 4.39 Å². The molecule has 0 bridgehead atoms. The number of H-pyrrole nitrogens is 1. The lowest BCUT2D eigenvalue weighted by atomic mass is 10.0. The van der Waals surface area contributed by atoms with Crippen LogP contribution in [0.5, 0.6) is 0 Å². The Morgan fingerprint density at radius 1 is 1.22 bits per heavy atom. The second-order valence-corrected chi connectivity index (χ2v) is 8.01. The molecule has 2 aromatic carbocycles. The third kappa shape index (κ3) is 4.29. The van der Waals surface area contributed by atoms with E-state index in [1.807, 2.05) is 6.92 Å². The van der Waals surface area contributed by atoms with Gasteiger partial charge in [0, 0.05) is 66.7 Å². The van der Waals surface area contributed by atoms with E-state index in [9.17, 15) is 19.3 Å². The number of nitrogens with one attached hydrogen (secondary N) is 2. The predicted molar refractivity (Wildman–Crippen MR) is 122 cm³/mol. The number of aromatic amines is 1. The number of nitro groups is 1. The van der Waals surface area contributed by atoms with E-state index < -0.39 is 11.0 Å². The lowest BCUT2D eigenvalue weighted by Crippen LogP contribution is -2.46. The lowest BCUT2D eigenvalue weighted by Gasteiger charge is -2.37. The number of amides is 1. The second-order valence-electron chi connectivity index (χ2n) is 8.01. The molecule has 168 valence electrons. The first-order valence-corrected chi connectivity index (χ1v) is 10.7. The molecule has 8 nitrogen and oxygen atoms in total. The highest BCUT2D eigenvalue weighted by atomic mass is 19.1. The maximum atomic E-state index is 14.1. The summed E-state index contributed by atoms with van der Waals surface area (Å²) in [5, 5.41) is 14.5. The summed E-state index contributed by atoms with van der Waals surface area (Å²) in [6.07, 6.45) is 1.53. The molecule has 0 aliphatic carbocycles. The summed E-state index contributed by atoms with van der Waals surface area (Å²) < 4.78 is 14.1. The molecule has 1 aliphatic rings. The van der Waals surface area contributed by atoms with Crippen molar-refractivity contribution in [2.24, 2.45) is 0 Å². The molecular weight excluding hydrogens is 413 g/mol. The summed E-state index contributed by atoms with van der Waals surface area (Å²) in [7, 11) is 0. The number of likely N-dealkylation sites (N-methyl/N-ethyl adjacent to an activating group) is 1. The van der Waals surface area contributed by atoms with E-state index in [0.29, 0.717) is 22.0 Å². The summed E-state index contributed by atoms with van der Waals surface area (Å²) in [5.41, 5.74) is 2.47. The largest absolute Gasteiger partial charge is 0.369 e. The third-order valence-corrected chi connectivity index (χ3v) is 6.08. The number of non-ortho nitro benzene ring substituents is 1. The first-order valence-electron chi connectivity index (χ1n) is 10.7. The molecule has 2 heterocycles. The van der Waals surface area contributed by atoms with Gasteiger partial charge in [0.2, 0.25) is 0 Å². The first-order chi connectivity index (χ1) is 15.4. The molecule has 0 saturated carbocycles. The van der Waals surface area contributed by atoms with Crippen LogP contribution in [0.4, 0.5) is 15.8 Å². The third-order valence-electron chi connectivity index (χ3n) is 6.08. The minimum atomic E-state index is -0.492. The van der Waals surface area contributed by atoms with Crippen LogP contribution in [0.25, 0.3) is 10.9 Å². The van der Waals surface area contributed by atoms with E-state index >= 15 is 0 Å². The average Bonchev–Trinajstić information content (AvgIpc) is 3.22. The highest BCUT2D eigenvalue weighted by Gasteiger charge is 2.23. The molecule has 0 radical (unpaired) electrons. The molecular formula is C23H26FN5O3. The molecule has 1 aromatic heterocycles. The number of piperazine rings is 1. The number of carbonyl (C=O) groups excluding carboxylic acids is 1. The number of carbonyl (C=O) groups is 1. The number of aromatic nitrogens is 1. The van der Waals surface area contributed by atoms with E-state index in [-0.39, 0.29) is 17.4 Å². The lowest BCUT2D eigenvalue weighted by molar-refractivity contribution is -0.384. The van der Waals surface area contributed by atoms with E-state index in [4.69, 9.17) is 0 Å². The van der Waals surface area contributed by atoms with Crippen LogP contribution in [0.3, 0.4) is 0 Å². The Balaban J connectivity index is 1.58. The number of halogens is 1. The van der Waals surface area contributed by atoms with E-state index in [1.165, 1.54) is 30.5 Å². The van der Waals surface area contributed by atoms with Crippen molar-refractivity contribution in [3.63, 3.8) is 0 Å². The van der Waals surface area contributed by atoms with Crippen molar-refractivity contribution in [1.29, 1.82) is 0 Å². The number of nitro benzene ring substituents is 1. The fraction of sp³-hybridized carbons (Fsp3) is 0.348. The zero-order valence-corrected chi connectivity index (χ0v) is 18.1. The van der Waals surface area contributed by atoms with Crippen LogP contribution in [-0.2, 0) is 0 Å². The van der Waals surface area contributed by atoms with Crippen molar-refractivity contribution < 1.29 is 14.1 Å². The van der Waals surface area contributed by atoms with Crippen LogP contribution in [0.1, 0.15) is 35.8 Å². The van der Waals surface area contributed by atoms with Crippen molar-refractivity contribution in [2.75, 3.05) is 37.6 Å². The number of anilines is 1. The molecule has 0 spiro atoms. The van der Waals surface area contributed by atoms with Gasteiger partial charge in [-0.05, 0) is 37.7 Å². The summed E-state index contributed by atoms with van der Waals surface area (Å²) >= 11 is 0. The smallest absolute Gasteiger partial charge is 0.270 e. The normalized spacial score (nSPS) is 15.7. The molecule has 1 atom stereocenters.